The number of carbonyl (C=O) groups is 1. The largest absolute Gasteiger partial charge is 0.369 e. The molecule has 166 valence electrons. The molecule has 1 saturated heterocycles. The second-order valence-corrected chi connectivity index (χ2v) is 8.56. The Balaban J connectivity index is 1.27. The molecule has 1 aliphatic heterocycles. The van der Waals surface area contributed by atoms with Crippen LogP contribution in [0.15, 0.2) is 66.9 Å². The van der Waals surface area contributed by atoms with Gasteiger partial charge in [-0.25, -0.2) is 0 Å². The summed E-state index contributed by atoms with van der Waals surface area (Å²) in [5.41, 5.74) is 6.89. The van der Waals surface area contributed by atoms with Crippen LogP contribution in [-0.4, -0.2) is 48.5 Å². The highest BCUT2D eigenvalue weighted by Gasteiger charge is 2.18. The van der Waals surface area contributed by atoms with E-state index in [9.17, 15) is 4.79 Å². The monoisotopic (exact) mass is 428 g/mol. The van der Waals surface area contributed by atoms with E-state index in [1.807, 2.05) is 36.4 Å². The van der Waals surface area contributed by atoms with Crippen LogP contribution < -0.4 is 10.2 Å². The van der Waals surface area contributed by atoms with Crippen molar-refractivity contribution in [2.45, 2.75) is 26.8 Å². The molecule has 1 aliphatic rings. The summed E-state index contributed by atoms with van der Waals surface area (Å²) in [6.45, 7) is 9.88. The lowest BCUT2D eigenvalue weighted by atomic mass is 10.1. The van der Waals surface area contributed by atoms with E-state index in [1.54, 1.807) is 6.20 Å². The average Bonchev–Trinajstić information content (AvgIpc) is 2.82. The van der Waals surface area contributed by atoms with Crippen molar-refractivity contribution < 1.29 is 4.79 Å². The highest BCUT2D eigenvalue weighted by Crippen LogP contribution is 2.21. The average molecular weight is 429 g/mol. The fourth-order valence-electron chi connectivity index (χ4n) is 4.11. The van der Waals surface area contributed by atoms with Crippen LogP contribution in [0.2, 0.25) is 0 Å². The van der Waals surface area contributed by atoms with Crippen molar-refractivity contribution in [1.82, 2.24) is 15.2 Å². The van der Waals surface area contributed by atoms with Crippen LogP contribution in [-0.2, 0) is 13.0 Å². The number of benzene rings is 2. The molecule has 0 saturated carbocycles. The summed E-state index contributed by atoms with van der Waals surface area (Å²) in [5.74, 6) is -0.0256. The van der Waals surface area contributed by atoms with Crippen molar-refractivity contribution in [1.29, 1.82) is 0 Å². The number of hydrogen-bond acceptors (Lipinski definition) is 4. The smallest absolute Gasteiger partial charge is 0.251 e. The van der Waals surface area contributed by atoms with Crippen LogP contribution in [0.4, 0.5) is 5.69 Å². The number of amides is 1. The third-order valence-electron chi connectivity index (χ3n) is 6.22. The third-order valence-corrected chi connectivity index (χ3v) is 6.22. The number of anilines is 1. The van der Waals surface area contributed by atoms with Crippen LogP contribution in [0, 0.1) is 13.8 Å². The van der Waals surface area contributed by atoms with E-state index in [4.69, 9.17) is 0 Å². The maximum Gasteiger partial charge on any atom is 0.251 e. The van der Waals surface area contributed by atoms with Crippen LogP contribution >= 0.6 is 0 Å². The van der Waals surface area contributed by atoms with Gasteiger partial charge in [-0.05, 0) is 66.9 Å². The summed E-state index contributed by atoms with van der Waals surface area (Å²) in [6, 6.07) is 20.6. The van der Waals surface area contributed by atoms with Crippen molar-refractivity contribution in [3.05, 3.63) is 94.8 Å². The number of pyridine rings is 1. The van der Waals surface area contributed by atoms with Gasteiger partial charge >= 0.3 is 0 Å². The summed E-state index contributed by atoms with van der Waals surface area (Å²) in [6.07, 6.45) is 2.51. The molecule has 0 spiro atoms. The lowest BCUT2D eigenvalue weighted by Crippen LogP contribution is -2.46. The van der Waals surface area contributed by atoms with Gasteiger partial charge in [0.2, 0.25) is 0 Å². The summed E-state index contributed by atoms with van der Waals surface area (Å²) >= 11 is 0. The summed E-state index contributed by atoms with van der Waals surface area (Å²) in [7, 11) is 0. The SMILES string of the molecule is Cc1ccc(N2CCN(Cc3cccc(C(=O)NCCc4ccccn4)c3)CC2)cc1C. The predicted molar refractivity (Wildman–Crippen MR) is 130 cm³/mol. The van der Waals surface area contributed by atoms with Gasteiger partial charge in [0.1, 0.15) is 0 Å². The van der Waals surface area contributed by atoms with E-state index in [0.717, 1.165) is 50.4 Å². The van der Waals surface area contributed by atoms with E-state index >= 15 is 0 Å². The number of hydrogen-bond donors (Lipinski definition) is 1. The van der Waals surface area contributed by atoms with Crippen molar-refractivity contribution >= 4 is 11.6 Å². The zero-order valence-electron chi connectivity index (χ0n) is 19.1. The maximum absolute atomic E-state index is 12.6. The Kier molecular flexibility index (Phi) is 7.17. The molecule has 1 aromatic heterocycles. The molecule has 1 N–H and O–H groups in total. The molecule has 5 nitrogen and oxygen atoms in total. The van der Waals surface area contributed by atoms with Crippen LogP contribution in [0.5, 0.6) is 0 Å². The quantitative estimate of drug-likeness (QED) is 0.618. The van der Waals surface area contributed by atoms with E-state index < -0.39 is 0 Å². The van der Waals surface area contributed by atoms with Crippen molar-refractivity contribution in [2.24, 2.45) is 0 Å². The van der Waals surface area contributed by atoms with Gasteiger partial charge in [0.25, 0.3) is 5.91 Å². The number of piperazine rings is 1. The molecule has 0 unspecified atom stereocenters. The number of aryl methyl sites for hydroxylation is 2. The Bertz CT molecular complexity index is 1040. The molecule has 0 bridgehead atoms. The molecular weight excluding hydrogens is 396 g/mol. The number of nitrogens with zero attached hydrogens (tertiary/aromatic N) is 3. The zero-order valence-corrected chi connectivity index (χ0v) is 19.1. The second kappa shape index (κ2) is 10.4. The van der Waals surface area contributed by atoms with Gasteiger partial charge in [0.05, 0.1) is 0 Å². The Morgan fingerprint density at radius 2 is 1.78 bits per heavy atom. The molecular formula is C27H32N4O. The van der Waals surface area contributed by atoms with Crippen molar-refractivity contribution in [3.8, 4) is 0 Å². The first-order valence-electron chi connectivity index (χ1n) is 11.4. The topological polar surface area (TPSA) is 48.5 Å². The normalized spacial score (nSPS) is 14.4. The molecule has 3 aromatic rings. The van der Waals surface area contributed by atoms with Crippen LogP contribution in [0.1, 0.15) is 32.7 Å². The minimum atomic E-state index is -0.0256. The minimum absolute atomic E-state index is 0.0256. The van der Waals surface area contributed by atoms with E-state index in [1.165, 1.54) is 22.4 Å². The fraction of sp³-hybridized carbons (Fsp3) is 0.333. The highest BCUT2D eigenvalue weighted by molar-refractivity contribution is 5.94. The van der Waals surface area contributed by atoms with Gasteiger partial charge < -0.3 is 10.2 Å². The Hall–Kier alpha value is -3.18. The lowest BCUT2D eigenvalue weighted by Gasteiger charge is -2.36. The molecule has 0 aliphatic carbocycles. The molecule has 2 aromatic carbocycles. The van der Waals surface area contributed by atoms with Gasteiger partial charge in [0, 0.05) is 68.8 Å². The first kappa shape index (κ1) is 22.0. The summed E-state index contributed by atoms with van der Waals surface area (Å²) in [4.78, 5) is 21.8. The van der Waals surface area contributed by atoms with E-state index in [2.05, 4.69) is 58.2 Å². The molecule has 0 atom stereocenters. The van der Waals surface area contributed by atoms with Gasteiger partial charge in [-0.1, -0.05) is 24.3 Å². The minimum Gasteiger partial charge on any atom is -0.369 e. The number of aromatic nitrogens is 1. The number of carbonyl (C=O) groups excluding carboxylic acids is 1. The van der Waals surface area contributed by atoms with Crippen molar-refractivity contribution in [3.63, 3.8) is 0 Å². The molecule has 1 amide bonds. The Morgan fingerprint density at radius 3 is 2.53 bits per heavy atom. The fourth-order valence-corrected chi connectivity index (χ4v) is 4.11. The van der Waals surface area contributed by atoms with E-state index in [-0.39, 0.29) is 5.91 Å². The number of nitrogens with one attached hydrogen (secondary N) is 1. The van der Waals surface area contributed by atoms with Crippen LogP contribution in [0.3, 0.4) is 0 Å². The molecule has 2 heterocycles. The summed E-state index contributed by atoms with van der Waals surface area (Å²) < 4.78 is 0. The summed E-state index contributed by atoms with van der Waals surface area (Å²) in [5, 5.41) is 3.01. The second-order valence-electron chi connectivity index (χ2n) is 8.56. The maximum atomic E-state index is 12.6. The highest BCUT2D eigenvalue weighted by atomic mass is 16.1. The molecule has 1 fully saturated rings. The number of rotatable bonds is 7. The van der Waals surface area contributed by atoms with Crippen molar-refractivity contribution in [2.75, 3.05) is 37.6 Å². The molecule has 0 radical (unpaired) electrons. The van der Waals surface area contributed by atoms with Crippen LogP contribution in [0.25, 0.3) is 0 Å². The van der Waals surface area contributed by atoms with Gasteiger partial charge in [-0.2, -0.15) is 0 Å². The lowest BCUT2D eigenvalue weighted by molar-refractivity contribution is 0.0954. The van der Waals surface area contributed by atoms with Gasteiger partial charge in [-0.3, -0.25) is 14.7 Å². The van der Waals surface area contributed by atoms with E-state index in [0.29, 0.717) is 6.54 Å². The third kappa shape index (κ3) is 5.74. The standard InChI is InChI=1S/C27H32N4O/c1-21-9-10-26(18-22(21)2)31-16-14-30(15-17-31)20-23-6-5-7-24(19-23)27(32)29-13-11-25-8-3-4-12-28-25/h3-10,12,18-19H,11,13-17,20H2,1-2H3,(H,29,32). The molecule has 32 heavy (non-hydrogen) atoms. The molecule has 4 rings (SSSR count). The first-order valence-corrected chi connectivity index (χ1v) is 11.4. The van der Waals surface area contributed by atoms with Gasteiger partial charge in [-0.15, -0.1) is 0 Å². The Labute approximate surface area is 191 Å². The first-order chi connectivity index (χ1) is 15.6. The van der Waals surface area contributed by atoms with Gasteiger partial charge in [0.15, 0.2) is 0 Å². The Morgan fingerprint density at radius 1 is 0.938 bits per heavy atom. The molecule has 5 heteroatoms. The predicted octanol–water partition coefficient (Wildman–Crippen LogP) is 3.99. The zero-order chi connectivity index (χ0) is 22.3.